The number of rotatable bonds is 9. The van der Waals surface area contributed by atoms with Crippen LogP contribution in [0.5, 0.6) is 5.88 Å². The smallest absolute Gasteiger partial charge is 0.259 e. The first-order valence-corrected chi connectivity index (χ1v) is 10.5. The number of ether oxygens (including phenoxy) is 1. The number of nitrogens with zero attached hydrogens (tertiary/aromatic N) is 2. The Hall–Kier alpha value is -3.11. The predicted molar refractivity (Wildman–Crippen MR) is 118 cm³/mol. The Labute approximate surface area is 186 Å². The molecule has 1 aliphatic rings. The molecular weight excluding hydrogens is 416 g/mol. The van der Waals surface area contributed by atoms with Crippen molar-refractivity contribution in [2.75, 3.05) is 36.5 Å². The first kappa shape index (κ1) is 23.6. The standard InChI is InChI=1S/C22H30N4O6/c1-13(2)32-21-15(5-6-17(24-21)26(7-9-27)8-10-28)23-19(29)14-12-31-16-11-22(3,4)25-20(30)18(14)16/h5-6,12-13,27-28H,7-11H2,1-4H3,(H,23,29)(H,25,30). The number of furan rings is 1. The number of carbonyl (C=O) groups is 2. The van der Waals surface area contributed by atoms with Gasteiger partial charge in [-0.15, -0.1) is 0 Å². The molecule has 0 saturated carbocycles. The molecule has 32 heavy (non-hydrogen) atoms. The van der Waals surface area contributed by atoms with Crippen LogP contribution in [0.1, 0.15) is 54.2 Å². The van der Waals surface area contributed by atoms with Crippen LogP contribution < -0.4 is 20.3 Å². The number of carbonyl (C=O) groups excluding carboxylic acids is 2. The monoisotopic (exact) mass is 446 g/mol. The summed E-state index contributed by atoms with van der Waals surface area (Å²) in [6, 6.07) is 3.30. The molecule has 0 unspecified atom stereocenters. The van der Waals surface area contributed by atoms with E-state index < -0.39 is 11.4 Å². The van der Waals surface area contributed by atoms with Crippen LogP contribution in [0.4, 0.5) is 11.5 Å². The molecule has 2 amide bonds. The molecule has 0 atom stereocenters. The van der Waals surface area contributed by atoms with E-state index in [-0.39, 0.29) is 55.3 Å². The molecule has 3 heterocycles. The number of fused-ring (bicyclic) bond motifs is 1. The summed E-state index contributed by atoms with van der Waals surface area (Å²) in [5.41, 5.74) is 0.236. The second-order valence-electron chi connectivity index (χ2n) is 8.54. The SMILES string of the molecule is CC(C)Oc1nc(N(CCO)CCO)ccc1NC(=O)c1coc2c1C(=O)NC(C)(C)C2. The first-order valence-electron chi connectivity index (χ1n) is 10.5. The van der Waals surface area contributed by atoms with Gasteiger partial charge < -0.3 is 34.9 Å². The molecule has 2 aromatic heterocycles. The number of aromatic nitrogens is 1. The Morgan fingerprint density at radius 3 is 2.62 bits per heavy atom. The molecule has 0 radical (unpaired) electrons. The third kappa shape index (κ3) is 5.20. The van der Waals surface area contributed by atoms with Gasteiger partial charge in [-0.05, 0) is 39.8 Å². The number of aliphatic hydroxyl groups excluding tert-OH is 2. The fourth-order valence-electron chi connectivity index (χ4n) is 3.55. The lowest BCUT2D eigenvalue weighted by atomic mass is 9.91. The van der Waals surface area contributed by atoms with Gasteiger partial charge >= 0.3 is 0 Å². The highest BCUT2D eigenvalue weighted by molar-refractivity contribution is 6.13. The quantitative estimate of drug-likeness (QED) is 0.456. The Morgan fingerprint density at radius 1 is 1.31 bits per heavy atom. The van der Waals surface area contributed by atoms with Crippen molar-refractivity contribution in [3.8, 4) is 5.88 Å². The molecule has 0 saturated heterocycles. The van der Waals surface area contributed by atoms with Gasteiger partial charge in [0.05, 0.1) is 30.4 Å². The Bertz CT molecular complexity index is 979. The van der Waals surface area contributed by atoms with E-state index >= 15 is 0 Å². The van der Waals surface area contributed by atoms with Crippen LogP contribution in [0.2, 0.25) is 0 Å². The molecule has 10 nitrogen and oxygen atoms in total. The van der Waals surface area contributed by atoms with Gasteiger partial charge in [0.15, 0.2) is 0 Å². The van der Waals surface area contributed by atoms with E-state index in [1.807, 2.05) is 27.7 Å². The van der Waals surface area contributed by atoms with Gasteiger partial charge in [-0.3, -0.25) is 9.59 Å². The van der Waals surface area contributed by atoms with Crippen LogP contribution in [-0.4, -0.2) is 65.0 Å². The van der Waals surface area contributed by atoms with Gasteiger partial charge in [-0.25, -0.2) is 0 Å². The van der Waals surface area contributed by atoms with Crippen molar-refractivity contribution in [2.24, 2.45) is 0 Å². The largest absolute Gasteiger partial charge is 0.473 e. The van der Waals surface area contributed by atoms with E-state index in [2.05, 4.69) is 15.6 Å². The summed E-state index contributed by atoms with van der Waals surface area (Å²) in [5.74, 6) is 0.278. The molecule has 4 N–H and O–H groups in total. The molecule has 174 valence electrons. The first-order chi connectivity index (χ1) is 15.1. The van der Waals surface area contributed by atoms with Crippen LogP contribution >= 0.6 is 0 Å². The molecule has 0 aromatic carbocycles. The summed E-state index contributed by atoms with van der Waals surface area (Å²) in [6.45, 7) is 7.79. The highest BCUT2D eigenvalue weighted by Crippen LogP contribution is 2.30. The van der Waals surface area contributed by atoms with Gasteiger partial charge in [-0.1, -0.05) is 0 Å². The van der Waals surface area contributed by atoms with Gasteiger partial charge in [0.25, 0.3) is 11.8 Å². The van der Waals surface area contributed by atoms with E-state index in [1.54, 1.807) is 17.0 Å². The molecule has 10 heteroatoms. The molecule has 0 aliphatic carbocycles. The predicted octanol–water partition coefficient (Wildman–Crippen LogP) is 1.57. The van der Waals surface area contributed by atoms with Gasteiger partial charge in [0, 0.05) is 25.0 Å². The zero-order valence-electron chi connectivity index (χ0n) is 18.8. The maximum atomic E-state index is 13.0. The van der Waals surface area contributed by atoms with Gasteiger partial charge in [0.1, 0.15) is 23.5 Å². The lowest BCUT2D eigenvalue weighted by Gasteiger charge is -2.29. The number of amides is 2. The van der Waals surface area contributed by atoms with E-state index in [4.69, 9.17) is 9.15 Å². The summed E-state index contributed by atoms with van der Waals surface area (Å²) in [4.78, 5) is 31.7. The van der Waals surface area contributed by atoms with Crippen molar-refractivity contribution >= 4 is 23.3 Å². The third-order valence-electron chi connectivity index (χ3n) is 4.90. The molecule has 0 fully saturated rings. The summed E-state index contributed by atoms with van der Waals surface area (Å²) in [5, 5.41) is 24.2. The Kier molecular flexibility index (Phi) is 7.05. The number of hydrogen-bond donors (Lipinski definition) is 4. The summed E-state index contributed by atoms with van der Waals surface area (Å²) >= 11 is 0. The maximum absolute atomic E-state index is 13.0. The lowest BCUT2D eigenvalue weighted by Crippen LogP contribution is -2.49. The van der Waals surface area contributed by atoms with Crippen molar-refractivity contribution in [3.05, 3.63) is 35.3 Å². The van der Waals surface area contributed by atoms with E-state index in [1.165, 1.54) is 6.26 Å². The van der Waals surface area contributed by atoms with Crippen molar-refractivity contribution in [1.82, 2.24) is 10.3 Å². The van der Waals surface area contributed by atoms with Crippen LogP contribution in [0.25, 0.3) is 0 Å². The third-order valence-corrected chi connectivity index (χ3v) is 4.90. The number of nitrogens with one attached hydrogen (secondary N) is 2. The molecule has 0 spiro atoms. The lowest BCUT2D eigenvalue weighted by molar-refractivity contribution is 0.0882. The fourth-order valence-corrected chi connectivity index (χ4v) is 3.55. The second-order valence-corrected chi connectivity index (χ2v) is 8.54. The number of aliphatic hydroxyl groups is 2. The van der Waals surface area contributed by atoms with Crippen molar-refractivity contribution in [1.29, 1.82) is 0 Å². The maximum Gasteiger partial charge on any atom is 0.259 e. The zero-order valence-corrected chi connectivity index (χ0v) is 18.8. The molecule has 2 aromatic rings. The van der Waals surface area contributed by atoms with Crippen molar-refractivity contribution < 1.29 is 29.0 Å². The highest BCUT2D eigenvalue weighted by atomic mass is 16.5. The zero-order chi connectivity index (χ0) is 23.5. The van der Waals surface area contributed by atoms with Gasteiger partial charge in [0.2, 0.25) is 5.88 Å². The van der Waals surface area contributed by atoms with E-state index in [9.17, 15) is 19.8 Å². The average molecular weight is 447 g/mol. The van der Waals surface area contributed by atoms with Crippen LogP contribution in [-0.2, 0) is 6.42 Å². The number of pyridine rings is 1. The van der Waals surface area contributed by atoms with E-state index in [0.29, 0.717) is 23.7 Å². The van der Waals surface area contributed by atoms with Gasteiger partial charge in [-0.2, -0.15) is 4.98 Å². The minimum Gasteiger partial charge on any atom is -0.473 e. The number of anilines is 2. The van der Waals surface area contributed by atoms with Crippen molar-refractivity contribution in [2.45, 2.75) is 45.8 Å². The fraction of sp³-hybridized carbons (Fsp3) is 0.500. The molecular formula is C22H30N4O6. The Morgan fingerprint density at radius 2 is 2.00 bits per heavy atom. The molecule has 3 rings (SSSR count). The Balaban J connectivity index is 1.89. The van der Waals surface area contributed by atoms with E-state index in [0.717, 1.165) is 0 Å². The minimum absolute atomic E-state index is 0.106. The highest BCUT2D eigenvalue weighted by Gasteiger charge is 2.36. The summed E-state index contributed by atoms with van der Waals surface area (Å²) < 4.78 is 11.3. The van der Waals surface area contributed by atoms with Crippen molar-refractivity contribution in [3.63, 3.8) is 0 Å². The summed E-state index contributed by atoms with van der Waals surface area (Å²) in [6.07, 6.45) is 1.55. The van der Waals surface area contributed by atoms with Crippen LogP contribution in [0, 0.1) is 0 Å². The second kappa shape index (κ2) is 9.58. The molecule has 1 aliphatic heterocycles. The summed E-state index contributed by atoms with van der Waals surface area (Å²) in [7, 11) is 0. The minimum atomic E-state index is -0.518. The topological polar surface area (TPSA) is 137 Å². The van der Waals surface area contributed by atoms with Crippen LogP contribution in [0.3, 0.4) is 0 Å². The average Bonchev–Trinajstić information content (AvgIpc) is 3.11. The normalized spacial score (nSPS) is 14.7. The molecule has 0 bridgehead atoms. The number of hydrogen-bond acceptors (Lipinski definition) is 8. The van der Waals surface area contributed by atoms with Crippen LogP contribution in [0.15, 0.2) is 22.8 Å².